The van der Waals surface area contributed by atoms with Crippen molar-refractivity contribution in [1.82, 2.24) is 9.88 Å². The fourth-order valence-electron chi connectivity index (χ4n) is 1.92. The Labute approximate surface area is 109 Å². The van der Waals surface area contributed by atoms with E-state index >= 15 is 0 Å². The summed E-state index contributed by atoms with van der Waals surface area (Å²) in [4.78, 5) is 12.1. The summed E-state index contributed by atoms with van der Waals surface area (Å²) >= 11 is 3.51. The number of para-hydroxylation sites is 1. The van der Waals surface area contributed by atoms with E-state index in [1.54, 1.807) is 0 Å². The van der Waals surface area contributed by atoms with E-state index in [1.165, 1.54) is 0 Å². The first-order chi connectivity index (χ1) is 8.16. The molecular weight excluding hydrogens is 280 g/mol. The molecule has 17 heavy (non-hydrogen) atoms. The Morgan fingerprint density at radius 1 is 1.41 bits per heavy atom. The van der Waals surface area contributed by atoms with Crippen LogP contribution in [0.25, 0.3) is 10.9 Å². The fourth-order valence-corrected chi connectivity index (χ4v) is 2.70. The average molecular weight is 295 g/mol. The highest BCUT2D eigenvalue weighted by Crippen LogP contribution is 2.29. The quantitative estimate of drug-likeness (QED) is 0.927. The molecule has 0 aliphatic rings. The van der Waals surface area contributed by atoms with Crippen molar-refractivity contribution >= 4 is 32.7 Å². The van der Waals surface area contributed by atoms with Crippen LogP contribution in [0.4, 0.5) is 0 Å². The van der Waals surface area contributed by atoms with Gasteiger partial charge in [0, 0.05) is 24.5 Å². The Bertz CT molecular complexity index is 521. The molecule has 0 atom stereocenters. The first kappa shape index (κ1) is 12.2. The Morgan fingerprint density at radius 3 is 2.76 bits per heavy atom. The molecule has 1 heterocycles. The lowest BCUT2D eigenvalue weighted by Gasteiger charge is -2.05. The second-order valence-corrected chi connectivity index (χ2v) is 4.79. The van der Waals surface area contributed by atoms with E-state index in [1.807, 2.05) is 42.8 Å². The number of fused-ring (bicyclic) bond motifs is 1. The van der Waals surface area contributed by atoms with Crippen LogP contribution >= 0.6 is 15.9 Å². The minimum atomic E-state index is -0.0302. The third-order valence-corrected chi connectivity index (χ3v) is 3.60. The van der Waals surface area contributed by atoms with Gasteiger partial charge < -0.3 is 9.88 Å². The Balaban J connectivity index is 2.50. The topological polar surface area (TPSA) is 34.0 Å². The van der Waals surface area contributed by atoms with E-state index in [9.17, 15) is 4.79 Å². The van der Waals surface area contributed by atoms with Gasteiger partial charge in [-0.2, -0.15) is 0 Å². The summed E-state index contributed by atoms with van der Waals surface area (Å²) < 4.78 is 2.79. The SMILES string of the molecule is CCCNC(=O)c1c(Br)c2ccccc2n1C. The summed E-state index contributed by atoms with van der Waals surface area (Å²) in [6.07, 6.45) is 0.938. The number of aryl methyl sites for hydroxylation is 1. The molecule has 1 aromatic heterocycles. The largest absolute Gasteiger partial charge is 0.351 e. The summed E-state index contributed by atoms with van der Waals surface area (Å²) in [5, 5.41) is 3.97. The van der Waals surface area contributed by atoms with E-state index in [-0.39, 0.29) is 5.91 Å². The monoisotopic (exact) mass is 294 g/mol. The van der Waals surface area contributed by atoms with Crippen molar-refractivity contribution in [3.8, 4) is 0 Å². The average Bonchev–Trinajstić information content (AvgIpc) is 2.60. The molecule has 2 rings (SSSR count). The van der Waals surface area contributed by atoms with Crippen LogP contribution in [0.1, 0.15) is 23.8 Å². The van der Waals surface area contributed by atoms with Crippen LogP contribution in [0.3, 0.4) is 0 Å². The zero-order valence-corrected chi connectivity index (χ0v) is 11.5. The van der Waals surface area contributed by atoms with E-state index in [4.69, 9.17) is 0 Å². The molecular formula is C13H15BrN2O. The van der Waals surface area contributed by atoms with Crippen molar-refractivity contribution in [3.63, 3.8) is 0 Å². The Morgan fingerprint density at radius 2 is 2.12 bits per heavy atom. The van der Waals surface area contributed by atoms with Crippen LogP contribution in [0.15, 0.2) is 28.7 Å². The van der Waals surface area contributed by atoms with Gasteiger partial charge in [0.1, 0.15) is 5.69 Å². The number of hydrogen-bond donors (Lipinski definition) is 1. The number of rotatable bonds is 3. The van der Waals surface area contributed by atoms with Crippen LogP contribution in [0.5, 0.6) is 0 Å². The Kier molecular flexibility index (Phi) is 3.52. The van der Waals surface area contributed by atoms with Gasteiger partial charge in [-0.15, -0.1) is 0 Å². The Hall–Kier alpha value is -1.29. The number of nitrogens with zero attached hydrogens (tertiary/aromatic N) is 1. The first-order valence-electron chi connectivity index (χ1n) is 5.68. The molecule has 0 radical (unpaired) electrons. The summed E-state index contributed by atoms with van der Waals surface area (Å²) in [5.74, 6) is -0.0302. The zero-order chi connectivity index (χ0) is 12.4. The van der Waals surface area contributed by atoms with E-state index < -0.39 is 0 Å². The molecule has 4 heteroatoms. The maximum atomic E-state index is 12.1. The minimum Gasteiger partial charge on any atom is -0.351 e. The predicted molar refractivity (Wildman–Crippen MR) is 73.2 cm³/mol. The summed E-state index contributed by atoms with van der Waals surface area (Å²) in [6, 6.07) is 7.97. The number of nitrogens with one attached hydrogen (secondary N) is 1. The van der Waals surface area contributed by atoms with Gasteiger partial charge in [0.05, 0.1) is 4.47 Å². The van der Waals surface area contributed by atoms with Gasteiger partial charge in [-0.1, -0.05) is 25.1 Å². The second-order valence-electron chi connectivity index (χ2n) is 3.99. The van der Waals surface area contributed by atoms with Crippen LogP contribution in [0.2, 0.25) is 0 Å². The molecule has 0 saturated heterocycles. The van der Waals surface area contributed by atoms with Crippen molar-refractivity contribution in [2.45, 2.75) is 13.3 Å². The molecule has 0 fully saturated rings. The van der Waals surface area contributed by atoms with Gasteiger partial charge in [0.2, 0.25) is 0 Å². The number of carbonyl (C=O) groups excluding carboxylic acids is 1. The molecule has 90 valence electrons. The molecule has 1 N–H and O–H groups in total. The summed E-state index contributed by atoms with van der Waals surface area (Å²) in [7, 11) is 1.91. The maximum absolute atomic E-state index is 12.1. The summed E-state index contributed by atoms with van der Waals surface area (Å²) in [5.41, 5.74) is 1.74. The van der Waals surface area contributed by atoms with Crippen molar-refractivity contribution < 1.29 is 4.79 Å². The fraction of sp³-hybridized carbons (Fsp3) is 0.308. The van der Waals surface area contributed by atoms with E-state index in [2.05, 4.69) is 21.2 Å². The molecule has 0 aliphatic heterocycles. The molecule has 1 amide bonds. The smallest absolute Gasteiger partial charge is 0.269 e. The molecule has 0 unspecified atom stereocenters. The molecule has 0 aliphatic carbocycles. The third kappa shape index (κ3) is 2.09. The lowest BCUT2D eigenvalue weighted by atomic mass is 10.2. The normalized spacial score (nSPS) is 10.8. The summed E-state index contributed by atoms with van der Waals surface area (Å²) in [6.45, 7) is 2.74. The lowest BCUT2D eigenvalue weighted by Crippen LogP contribution is -2.26. The maximum Gasteiger partial charge on any atom is 0.269 e. The lowest BCUT2D eigenvalue weighted by molar-refractivity contribution is 0.0945. The van der Waals surface area contributed by atoms with Crippen LogP contribution in [0, 0.1) is 0 Å². The number of amides is 1. The highest BCUT2D eigenvalue weighted by Gasteiger charge is 2.18. The van der Waals surface area contributed by atoms with Crippen LogP contribution in [-0.4, -0.2) is 17.0 Å². The second kappa shape index (κ2) is 4.92. The van der Waals surface area contributed by atoms with E-state index in [0.29, 0.717) is 12.2 Å². The zero-order valence-electron chi connectivity index (χ0n) is 9.96. The standard InChI is InChI=1S/C13H15BrN2O/c1-3-8-15-13(17)12-11(14)9-6-4-5-7-10(9)16(12)2/h4-7H,3,8H2,1-2H3,(H,15,17). The van der Waals surface area contributed by atoms with Gasteiger partial charge in [-0.05, 0) is 28.4 Å². The predicted octanol–water partition coefficient (Wildman–Crippen LogP) is 3.08. The van der Waals surface area contributed by atoms with E-state index in [0.717, 1.165) is 21.8 Å². The molecule has 0 bridgehead atoms. The third-order valence-electron chi connectivity index (χ3n) is 2.80. The number of carbonyl (C=O) groups is 1. The molecule has 0 spiro atoms. The van der Waals surface area contributed by atoms with Crippen molar-refractivity contribution in [3.05, 3.63) is 34.4 Å². The highest BCUT2D eigenvalue weighted by atomic mass is 79.9. The van der Waals surface area contributed by atoms with Gasteiger partial charge in [0.25, 0.3) is 5.91 Å². The van der Waals surface area contributed by atoms with Crippen LogP contribution < -0.4 is 5.32 Å². The first-order valence-corrected chi connectivity index (χ1v) is 6.47. The molecule has 1 aromatic carbocycles. The molecule has 2 aromatic rings. The minimum absolute atomic E-state index is 0.0302. The van der Waals surface area contributed by atoms with Gasteiger partial charge in [-0.25, -0.2) is 0 Å². The number of hydrogen-bond acceptors (Lipinski definition) is 1. The van der Waals surface area contributed by atoms with Gasteiger partial charge in [-0.3, -0.25) is 4.79 Å². The molecule has 0 saturated carbocycles. The number of halogens is 1. The number of aromatic nitrogens is 1. The van der Waals surface area contributed by atoms with Crippen molar-refractivity contribution in [2.75, 3.05) is 6.54 Å². The highest BCUT2D eigenvalue weighted by molar-refractivity contribution is 9.10. The van der Waals surface area contributed by atoms with Gasteiger partial charge >= 0.3 is 0 Å². The van der Waals surface area contributed by atoms with Crippen LogP contribution in [-0.2, 0) is 7.05 Å². The molecule has 3 nitrogen and oxygen atoms in total. The number of benzene rings is 1. The van der Waals surface area contributed by atoms with Crippen molar-refractivity contribution in [2.24, 2.45) is 7.05 Å². The van der Waals surface area contributed by atoms with Crippen molar-refractivity contribution in [1.29, 1.82) is 0 Å². The van der Waals surface area contributed by atoms with Gasteiger partial charge in [0.15, 0.2) is 0 Å².